The first-order chi connectivity index (χ1) is 10.1. The van der Waals surface area contributed by atoms with E-state index in [0.717, 1.165) is 10.9 Å². The summed E-state index contributed by atoms with van der Waals surface area (Å²) in [5.74, 6) is 1.17. The Morgan fingerprint density at radius 2 is 1.71 bits per heavy atom. The molecule has 0 aliphatic heterocycles. The Hall–Kier alpha value is -1.55. The van der Waals surface area contributed by atoms with Gasteiger partial charge in [-0.3, -0.25) is 0 Å². The molecule has 0 amide bonds. The summed E-state index contributed by atoms with van der Waals surface area (Å²) in [6.45, 7) is 0. The van der Waals surface area contributed by atoms with E-state index >= 15 is 0 Å². The van der Waals surface area contributed by atoms with Gasteiger partial charge in [-0.25, -0.2) is 9.97 Å². The second kappa shape index (κ2) is 5.68. The molecule has 0 fully saturated rings. The van der Waals surface area contributed by atoms with Crippen LogP contribution in [-0.2, 0) is 0 Å². The van der Waals surface area contributed by atoms with Crippen molar-refractivity contribution in [2.45, 2.75) is 0 Å². The highest BCUT2D eigenvalue weighted by atomic mass is 35.5. The second-order valence-electron chi connectivity index (χ2n) is 4.41. The van der Waals surface area contributed by atoms with Crippen molar-refractivity contribution in [1.29, 1.82) is 0 Å². The third kappa shape index (κ3) is 2.64. The molecule has 1 N–H and O–H groups in total. The quantitative estimate of drug-likeness (QED) is 0.689. The van der Waals surface area contributed by atoms with Gasteiger partial charge in [0.05, 0.1) is 15.6 Å². The molecule has 3 nitrogen and oxygen atoms in total. The van der Waals surface area contributed by atoms with Crippen molar-refractivity contribution >= 4 is 51.5 Å². The van der Waals surface area contributed by atoms with Crippen molar-refractivity contribution in [3.05, 3.63) is 51.5 Å². The molecule has 3 aromatic rings. The number of hydrogen-bond acceptors (Lipinski definition) is 3. The molecule has 2 aromatic carbocycles. The molecular weight excluding hydrogens is 329 g/mol. The first kappa shape index (κ1) is 14.4. The van der Waals surface area contributed by atoms with Gasteiger partial charge in [0, 0.05) is 23.0 Å². The summed E-state index contributed by atoms with van der Waals surface area (Å²) in [4.78, 5) is 9.04. The van der Waals surface area contributed by atoms with Crippen molar-refractivity contribution < 1.29 is 0 Å². The molecule has 21 heavy (non-hydrogen) atoms. The molecule has 0 bridgehead atoms. The van der Waals surface area contributed by atoms with Crippen molar-refractivity contribution in [3.63, 3.8) is 0 Å². The van der Waals surface area contributed by atoms with Crippen molar-refractivity contribution in [2.24, 2.45) is 0 Å². The Morgan fingerprint density at radius 1 is 0.952 bits per heavy atom. The standard InChI is InChI=1S/C15H10Cl3N3/c1-19-14-10-6-8(16)7-12(18)13(10)20-15(21-14)9-4-2-3-5-11(9)17/h2-7H,1H3,(H,19,20,21). The van der Waals surface area contributed by atoms with Crippen LogP contribution in [0.4, 0.5) is 5.82 Å². The lowest BCUT2D eigenvalue weighted by molar-refractivity contribution is 1.21. The highest BCUT2D eigenvalue weighted by Crippen LogP contribution is 2.33. The van der Waals surface area contributed by atoms with E-state index in [2.05, 4.69) is 15.3 Å². The molecule has 0 atom stereocenters. The van der Waals surface area contributed by atoms with Crippen molar-refractivity contribution in [3.8, 4) is 11.4 Å². The number of rotatable bonds is 2. The van der Waals surface area contributed by atoms with Gasteiger partial charge in [-0.05, 0) is 24.3 Å². The Kier molecular flexibility index (Phi) is 3.89. The monoisotopic (exact) mass is 337 g/mol. The third-order valence-electron chi connectivity index (χ3n) is 3.07. The van der Waals surface area contributed by atoms with Gasteiger partial charge in [0.2, 0.25) is 0 Å². The summed E-state index contributed by atoms with van der Waals surface area (Å²) in [6.07, 6.45) is 0. The summed E-state index contributed by atoms with van der Waals surface area (Å²) >= 11 is 18.5. The highest BCUT2D eigenvalue weighted by Gasteiger charge is 2.13. The number of nitrogens with zero attached hydrogens (tertiary/aromatic N) is 2. The Bertz CT molecular complexity index is 834. The van der Waals surface area contributed by atoms with Crippen molar-refractivity contribution in [2.75, 3.05) is 12.4 Å². The molecule has 106 valence electrons. The average Bonchev–Trinajstić information content (AvgIpc) is 2.47. The largest absolute Gasteiger partial charge is 0.373 e. The van der Waals surface area contributed by atoms with Crippen molar-refractivity contribution in [1.82, 2.24) is 9.97 Å². The fraction of sp³-hybridized carbons (Fsp3) is 0.0667. The van der Waals surface area contributed by atoms with Crippen LogP contribution in [0.1, 0.15) is 0 Å². The van der Waals surface area contributed by atoms with E-state index in [1.54, 1.807) is 25.2 Å². The van der Waals surface area contributed by atoms with Crippen LogP contribution in [0.3, 0.4) is 0 Å². The number of benzene rings is 2. The Balaban J connectivity index is 2.34. The zero-order chi connectivity index (χ0) is 15.0. The van der Waals surface area contributed by atoms with Crippen LogP contribution in [0.25, 0.3) is 22.3 Å². The highest BCUT2D eigenvalue weighted by molar-refractivity contribution is 6.38. The second-order valence-corrected chi connectivity index (χ2v) is 5.66. The number of anilines is 1. The van der Waals surface area contributed by atoms with Crippen LogP contribution in [0.2, 0.25) is 15.1 Å². The Morgan fingerprint density at radius 3 is 2.43 bits per heavy atom. The van der Waals surface area contributed by atoms with E-state index in [9.17, 15) is 0 Å². The summed E-state index contributed by atoms with van der Waals surface area (Å²) in [5, 5.41) is 5.42. The number of nitrogens with one attached hydrogen (secondary N) is 1. The maximum atomic E-state index is 6.26. The van der Waals surface area contributed by atoms with Gasteiger partial charge >= 0.3 is 0 Å². The molecule has 0 aliphatic rings. The minimum Gasteiger partial charge on any atom is -0.373 e. The lowest BCUT2D eigenvalue weighted by Gasteiger charge is -2.10. The molecular formula is C15H10Cl3N3. The van der Waals surface area contributed by atoms with E-state index in [0.29, 0.717) is 32.2 Å². The Labute approximate surface area is 136 Å². The lowest BCUT2D eigenvalue weighted by Crippen LogP contribution is -1.99. The van der Waals surface area contributed by atoms with Gasteiger partial charge in [0.1, 0.15) is 5.82 Å². The number of aromatic nitrogens is 2. The van der Waals surface area contributed by atoms with Crippen LogP contribution in [-0.4, -0.2) is 17.0 Å². The van der Waals surface area contributed by atoms with Gasteiger partial charge in [-0.1, -0.05) is 46.9 Å². The molecule has 3 rings (SSSR count). The molecule has 1 heterocycles. The smallest absolute Gasteiger partial charge is 0.163 e. The first-order valence-electron chi connectivity index (χ1n) is 6.19. The van der Waals surface area contributed by atoms with Crippen LogP contribution in [0.15, 0.2) is 36.4 Å². The molecule has 0 aliphatic carbocycles. The molecule has 0 spiro atoms. The van der Waals surface area contributed by atoms with Gasteiger partial charge in [-0.15, -0.1) is 0 Å². The maximum Gasteiger partial charge on any atom is 0.163 e. The lowest BCUT2D eigenvalue weighted by atomic mass is 10.2. The zero-order valence-electron chi connectivity index (χ0n) is 11.0. The topological polar surface area (TPSA) is 37.8 Å². The van der Waals surface area contributed by atoms with Gasteiger partial charge < -0.3 is 5.32 Å². The maximum absolute atomic E-state index is 6.26. The fourth-order valence-corrected chi connectivity index (χ4v) is 2.87. The third-order valence-corrected chi connectivity index (χ3v) is 3.91. The SMILES string of the molecule is CNc1nc(-c2ccccc2Cl)nc2c(Cl)cc(Cl)cc12. The van der Waals surface area contributed by atoms with Gasteiger partial charge in [0.15, 0.2) is 5.82 Å². The normalized spacial score (nSPS) is 10.9. The van der Waals surface area contributed by atoms with Gasteiger partial charge in [0.25, 0.3) is 0 Å². The van der Waals surface area contributed by atoms with Gasteiger partial charge in [-0.2, -0.15) is 0 Å². The first-order valence-corrected chi connectivity index (χ1v) is 7.33. The summed E-state index contributed by atoms with van der Waals surface area (Å²) in [7, 11) is 1.78. The van der Waals surface area contributed by atoms with E-state index in [-0.39, 0.29) is 0 Å². The zero-order valence-corrected chi connectivity index (χ0v) is 13.3. The minimum atomic E-state index is 0.477. The van der Waals surface area contributed by atoms with Crippen LogP contribution >= 0.6 is 34.8 Å². The minimum absolute atomic E-state index is 0.477. The predicted octanol–water partition coefficient (Wildman–Crippen LogP) is 5.30. The van der Waals surface area contributed by atoms with Crippen LogP contribution in [0.5, 0.6) is 0 Å². The van der Waals surface area contributed by atoms with E-state index in [1.807, 2.05) is 18.2 Å². The molecule has 0 unspecified atom stereocenters. The summed E-state index contributed by atoms with van der Waals surface area (Å²) in [5.41, 5.74) is 1.39. The molecule has 1 aromatic heterocycles. The van der Waals surface area contributed by atoms with Crippen LogP contribution < -0.4 is 5.32 Å². The van der Waals surface area contributed by atoms with E-state index < -0.39 is 0 Å². The van der Waals surface area contributed by atoms with Crippen LogP contribution in [0, 0.1) is 0 Å². The number of halogens is 3. The molecule has 0 radical (unpaired) electrons. The fourth-order valence-electron chi connectivity index (χ4n) is 2.11. The summed E-state index contributed by atoms with van der Waals surface area (Å²) < 4.78 is 0. The molecule has 0 saturated carbocycles. The number of hydrogen-bond donors (Lipinski definition) is 1. The van der Waals surface area contributed by atoms with E-state index in [1.165, 1.54) is 0 Å². The average molecular weight is 339 g/mol. The van der Waals surface area contributed by atoms with E-state index in [4.69, 9.17) is 34.8 Å². The predicted molar refractivity (Wildman–Crippen MR) is 89.6 cm³/mol. The molecule has 6 heteroatoms. The number of fused-ring (bicyclic) bond motifs is 1. The summed E-state index contributed by atoms with van der Waals surface area (Å²) in [6, 6.07) is 10.9. The molecule has 0 saturated heterocycles.